The van der Waals surface area contributed by atoms with E-state index in [1.807, 2.05) is 46.7 Å². The molecule has 4 rings (SSSR count). The highest BCUT2D eigenvalue weighted by molar-refractivity contribution is 7.12. The molecule has 34 heavy (non-hydrogen) atoms. The number of carbonyl (C=O) groups is 2. The summed E-state index contributed by atoms with van der Waals surface area (Å²) in [7, 11) is 1.62. The number of hydrogen-bond acceptors (Lipinski definition) is 6. The minimum Gasteiger partial charge on any atom is -0.497 e. The van der Waals surface area contributed by atoms with Crippen LogP contribution >= 0.6 is 22.7 Å². The van der Waals surface area contributed by atoms with Crippen LogP contribution in [0.5, 0.6) is 11.5 Å². The Labute approximate surface area is 208 Å². The van der Waals surface area contributed by atoms with Gasteiger partial charge in [-0.3, -0.25) is 9.59 Å². The first-order chi connectivity index (χ1) is 16.5. The molecule has 1 atom stereocenters. The zero-order chi connectivity index (χ0) is 24.1. The number of nitrogens with zero attached hydrogens (tertiary/aromatic N) is 2. The molecule has 0 spiro atoms. The molecule has 0 radical (unpaired) electrons. The lowest BCUT2D eigenvalue weighted by atomic mass is 10.0. The highest BCUT2D eigenvalue weighted by Crippen LogP contribution is 2.34. The van der Waals surface area contributed by atoms with E-state index >= 15 is 0 Å². The third-order valence-corrected chi connectivity index (χ3v) is 7.65. The Morgan fingerprint density at radius 2 is 1.94 bits per heavy atom. The number of hydrogen-bond donors (Lipinski definition) is 0. The van der Waals surface area contributed by atoms with Crippen LogP contribution in [0.3, 0.4) is 0 Å². The van der Waals surface area contributed by atoms with Crippen molar-refractivity contribution in [1.29, 1.82) is 0 Å². The van der Waals surface area contributed by atoms with Gasteiger partial charge in [-0.05, 0) is 52.9 Å². The SMILES string of the molecule is COc1cccc(OC[C@H]2c3ccsc3CCN2C(=O)CN(CC(C)C)C(=O)c2cccs2)c1. The van der Waals surface area contributed by atoms with Gasteiger partial charge in [-0.1, -0.05) is 26.0 Å². The number of fused-ring (bicyclic) bond motifs is 1. The minimum absolute atomic E-state index is 0.0540. The normalized spacial score (nSPS) is 15.2. The second kappa shape index (κ2) is 11.1. The summed E-state index contributed by atoms with van der Waals surface area (Å²) in [6.45, 7) is 5.66. The largest absolute Gasteiger partial charge is 0.497 e. The topological polar surface area (TPSA) is 59.1 Å². The molecule has 6 nitrogen and oxygen atoms in total. The summed E-state index contributed by atoms with van der Waals surface area (Å²) < 4.78 is 11.4. The molecule has 0 aliphatic carbocycles. The number of thiophene rings is 2. The van der Waals surface area contributed by atoms with Crippen molar-refractivity contribution in [2.75, 3.05) is 33.4 Å². The van der Waals surface area contributed by atoms with Gasteiger partial charge in [0.05, 0.1) is 18.0 Å². The molecular formula is C26H30N2O4S2. The molecular weight excluding hydrogens is 468 g/mol. The van der Waals surface area contributed by atoms with E-state index in [0.717, 1.165) is 17.7 Å². The van der Waals surface area contributed by atoms with Gasteiger partial charge in [0.15, 0.2) is 0 Å². The first-order valence-corrected chi connectivity index (χ1v) is 13.2. The standard InChI is InChI=1S/C26H30N2O4S2/c1-18(2)15-27(26(30)24-8-5-12-33-24)16-25(29)28-11-9-23-21(10-13-34-23)22(28)17-32-20-7-4-6-19(14-20)31-3/h4-8,10,12-14,18,22H,9,11,15-17H2,1-3H3/t22-/m0/s1. The van der Waals surface area contributed by atoms with Crippen molar-refractivity contribution in [2.24, 2.45) is 5.92 Å². The number of methoxy groups -OCH3 is 1. The van der Waals surface area contributed by atoms with Gasteiger partial charge in [-0.25, -0.2) is 0 Å². The fraction of sp³-hybridized carbons (Fsp3) is 0.385. The summed E-state index contributed by atoms with van der Waals surface area (Å²) in [6, 6.07) is 13.0. The first-order valence-electron chi connectivity index (χ1n) is 11.4. The van der Waals surface area contributed by atoms with Crippen molar-refractivity contribution in [2.45, 2.75) is 26.3 Å². The molecule has 0 saturated heterocycles. The molecule has 1 aliphatic heterocycles. The Morgan fingerprint density at radius 3 is 2.68 bits per heavy atom. The van der Waals surface area contributed by atoms with E-state index in [0.29, 0.717) is 30.3 Å². The molecule has 8 heteroatoms. The maximum absolute atomic E-state index is 13.6. The van der Waals surface area contributed by atoms with Gasteiger partial charge in [0.2, 0.25) is 5.91 Å². The minimum atomic E-state index is -0.202. The summed E-state index contributed by atoms with van der Waals surface area (Å²) >= 11 is 3.12. The molecule has 1 aromatic carbocycles. The highest BCUT2D eigenvalue weighted by atomic mass is 32.1. The Bertz CT molecular complexity index is 1110. The number of ether oxygens (including phenoxy) is 2. The Kier molecular flexibility index (Phi) is 7.90. The zero-order valence-electron chi connectivity index (χ0n) is 19.7. The monoisotopic (exact) mass is 498 g/mol. The number of benzene rings is 1. The van der Waals surface area contributed by atoms with Gasteiger partial charge in [0.1, 0.15) is 24.7 Å². The smallest absolute Gasteiger partial charge is 0.264 e. The molecule has 0 fully saturated rings. The molecule has 2 aromatic heterocycles. The second-order valence-electron chi connectivity index (χ2n) is 8.70. The van der Waals surface area contributed by atoms with E-state index in [1.54, 1.807) is 23.3 Å². The van der Waals surface area contributed by atoms with Crippen LogP contribution in [0.4, 0.5) is 0 Å². The quantitative estimate of drug-likeness (QED) is 0.411. The Morgan fingerprint density at radius 1 is 1.12 bits per heavy atom. The summed E-state index contributed by atoms with van der Waals surface area (Å²) in [5.74, 6) is 1.54. The van der Waals surface area contributed by atoms with Gasteiger partial charge >= 0.3 is 0 Å². The van der Waals surface area contributed by atoms with Crippen LogP contribution in [-0.4, -0.2) is 55.0 Å². The van der Waals surface area contributed by atoms with Crippen LogP contribution in [0.2, 0.25) is 0 Å². The summed E-state index contributed by atoms with van der Waals surface area (Å²) in [5.41, 5.74) is 1.13. The first kappa shape index (κ1) is 24.3. The molecule has 0 bridgehead atoms. The van der Waals surface area contributed by atoms with E-state index in [4.69, 9.17) is 9.47 Å². The van der Waals surface area contributed by atoms with Crippen molar-refractivity contribution in [1.82, 2.24) is 9.80 Å². The summed E-state index contributed by atoms with van der Waals surface area (Å²) in [6.07, 6.45) is 0.817. The van der Waals surface area contributed by atoms with Crippen molar-refractivity contribution in [3.8, 4) is 11.5 Å². The molecule has 2 amide bonds. The zero-order valence-corrected chi connectivity index (χ0v) is 21.4. The van der Waals surface area contributed by atoms with Gasteiger partial charge in [-0.15, -0.1) is 22.7 Å². The highest BCUT2D eigenvalue weighted by Gasteiger charge is 2.34. The maximum Gasteiger partial charge on any atom is 0.264 e. The van der Waals surface area contributed by atoms with Crippen molar-refractivity contribution < 1.29 is 19.1 Å². The Hall–Kier alpha value is -2.84. The van der Waals surface area contributed by atoms with Crippen LogP contribution in [0, 0.1) is 5.92 Å². The lowest BCUT2D eigenvalue weighted by molar-refractivity contribution is -0.135. The molecule has 0 N–H and O–H groups in total. The number of amides is 2. The third-order valence-electron chi connectivity index (χ3n) is 5.80. The van der Waals surface area contributed by atoms with E-state index in [-0.39, 0.29) is 30.3 Å². The maximum atomic E-state index is 13.6. The molecule has 3 heterocycles. The van der Waals surface area contributed by atoms with E-state index in [2.05, 4.69) is 25.3 Å². The molecule has 0 saturated carbocycles. The van der Waals surface area contributed by atoms with Gasteiger partial charge in [0.25, 0.3) is 5.91 Å². The van der Waals surface area contributed by atoms with Crippen LogP contribution in [0.15, 0.2) is 53.2 Å². The van der Waals surface area contributed by atoms with Crippen LogP contribution in [0.25, 0.3) is 0 Å². The molecule has 0 unspecified atom stereocenters. The molecule has 1 aliphatic rings. The average molecular weight is 499 g/mol. The lowest BCUT2D eigenvalue weighted by Crippen LogP contribution is -2.48. The summed E-state index contributed by atoms with van der Waals surface area (Å²) in [5, 5.41) is 3.96. The summed E-state index contributed by atoms with van der Waals surface area (Å²) in [4.78, 5) is 32.2. The predicted octanol–water partition coefficient (Wildman–Crippen LogP) is 5.12. The van der Waals surface area contributed by atoms with Crippen molar-refractivity contribution in [3.05, 3.63) is 68.5 Å². The molecule has 3 aromatic rings. The molecule has 180 valence electrons. The fourth-order valence-corrected chi connectivity index (χ4v) is 5.83. The lowest BCUT2D eigenvalue weighted by Gasteiger charge is -2.37. The van der Waals surface area contributed by atoms with E-state index in [9.17, 15) is 9.59 Å². The van der Waals surface area contributed by atoms with Gasteiger partial charge in [-0.2, -0.15) is 0 Å². The number of rotatable bonds is 9. The van der Waals surface area contributed by atoms with Gasteiger partial charge < -0.3 is 19.3 Å². The Balaban J connectivity index is 1.52. The van der Waals surface area contributed by atoms with Crippen molar-refractivity contribution >= 4 is 34.5 Å². The average Bonchev–Trinajstić information content (AvgIpc) is 3.53. The van der Waals surface area contributed by atoms with Crippen LogP contribution in [-0.2, 0) is 11.2 Å². The van der Waals surface area contributed by atoms with Crippen LogP contribution < -0.4 is 9.47 Å². The van der Waals surface area contributed by atoms with Crippen molar-refractivity contribution in [3.63, 3.8) is 0 Å². The fourth-order valence-electron chi connectivity index (χ4n) is 4.21. The predicted molar refractivity (Wildman–Crippen MR) is 136 cm³/mol. The van der Waals surface area contributed by atoms with E-state index in [1.165, 1.54) is 16.2 Å². The van der Waals surface area contributed by atoms with E-state index < -0.39 is 0 Å². The van der Waals surface area contributed by atoms with Crippen LogP contribution in [0.1, 0.15) is 40.0 Å². The van der Waals surface area contributed by atoms with Gasteiger partial charge in [0, 0.05) is 24.0 Å². The number of carbonyl (C=O) groups excluding carboxylic acids is 2. The third kappa shape index (κ3) is 5.62. The second-order valence-corrected chi connectivity index (χ2v) is 10.6.